The van der Waals surface area contributed by atoms with E-state index in [1.807, 2.05) is 0 Å². The predicted molar refractivity (Wildman–Crippen MR) is 57.2 cm³/mol. The lowest BCUT2D eigenvalue weighted by Gasteiger charge is -2.12. The van der Waals surface area contributed by atoms with Crippen LogP contribution in [0.4, 0.5) is 4.79 Å². The van der Waals surface area contributed by atoms with Crippen LogP contribution in [0, 0.1) is 23.7 Å². The first-order valence-electron chi connectivity index (χ1n) is 5.87. The van der Waals surface area contributed by atoms with Crippen LogP contribution in [0.5, 0.6) is 0 Å². The first kappa shape index (κ1) is 9.19. The van der Waals surface area contributed by atoms with E-state index in [2.05, 4.69) is 10.5 Å². The Bertz CT molecular complexity index is 326. The monoisotopic (exact) mass is 207 g/mol. The van der Waals surface area contributed by atoms with Gasteiger partial charge in [0, 0.05) is 11.6 Å². The Hall–Kier alpha value is -1.06. The van der Waals surface area contributed by atoms with Crippen molar-refractivity contribution in [2.24, 2.45) is 34.5 Å². The van der Waals surface area contributed by atoms with Crippen molar-refractivity contribution in [3.8, 4) is 0 Å². The Balaban J connectivity index is 1.78. The largest absolute Gasteiger partial charge is 0.350 e. The minimum absolute atomic E-state index is 0.547. The Labute approximate surface area is 89.3 Å². The molecule has 2 amide bonds. The van der Waals surface area contributed by atoms with Gasteiger partial charge in [-0.05, 0) is 49.9 Å². The van der Waals surface area contributed by atoms with Gasteiger partial charge in [0.15, 0.2) is 0 Å². The zero-order chi connectivity index (χ0) is 10.4. The minimum atomic E-state index is -0.547. The minimum Gasteiger partial charge on any atom is -0.350 e. The third-order valence-electron chi connectivity index (χ3n) is 4.52. The van der Waals surface area contributed by atoms with Crippen LogP contribution in [-0.2, 0) is 0 Å². The topological polar surface area (TPSA) is 67.5 Å². The van der Waals surface area contributed by atoms with E-state index in [-0.39, 0.29) is 0 Å². The molecule has 0 radical (unpaired) electrons. The summed E-state index contributed by atoms with van der Waals surface area (Å²) < 4.78 is 0. The molecule has 0 spiro atoms. The molecule has 0 aliphatic heterocycles. The highest BCUT2D eigenvalue weighted by molar-refractivity contribution is 5.90. The van der Waals surface area contributed by atoms with E-state index in [9.17, 15) is 4.79 Å². The van der Waals surface area contributed by atoms with Gasteiger partial charge in [-0.25, -0.2) is 10.2 Å². The van der Waals surface area contributed by atoms with Crippen LogP contribution in [0.25, 0.3) is 0 Å². The maximum Gasteiger partial charge on any atom is 0.332 e. The summed E-state index contributed by atoms with van der Waals surface area (Å²) >= 11 is 0. The van der Waals surface area contributed by atoms with Crippen LogP contribution in [0.3, 0.4) is 0 Å². The van der Waals surface area contributed by atoms with E-state index < -0.39 is 6.03 Å². The molecule has 4 nitrogen and oxygen atoms in total. The van der Waals surface area contributed by atoms with E-state index in [4.69, 9.17) is 5.73 Å². The van der Waals surface area contributed by atoms with Crippen LogP contribution in [0.15, 0.2) is 5.10 Å². The summed E-state index contributed by atoms with van der Waals surface area (Å²) in [5, 5.41) is 4.18. The van der Waals surface area contributed by atoms with Gasteiger partial charge in [-0.15, -0.1) is 0 Å². The highest BCUT2D eigenvalue weighted by Gasteiger charge is 2.51. The number of nitrogens with zero attached hydrogens (tertiary/aromatic N) is 1. The number of hydrogen-bond acceptors (Lipinski definition) is 2. The number of hydrogen-bond donors (Lipinski definition) is 2. The fourth-order valence-corrected chi connectivity index (χ4v) is 4.08. The third-order valence-corrected chi connectivity index (χ3v) is 4.52. The predicted octanol–water partition coefficient (Wildman–Crippen LogP) is 1.47. The molecule has 3 rings (SSSR count). The summed E-state index contributed by atoms with van der Waals surface area (Å²) in [7, 11) is 0. The van der Waals surface area contributed by atoms with Crippen molar-refractivity contribution in [2.45, 2.75) is 32.1 Å². The lowest BCUT2D eigenvalue weighted by Crippen LogP contribution is -2.26. The standard InChI is InChI=1S/C11H17N3O/c12-11(15)14-13-9-5-7-2-1-6-3-4-8(9)10(6)7/h6-8,10H,1-5H2,(H3,12,14,15)/b13-9-/t6-,7-,8-,10+/m0/s1. The normalized spacial score (nSPS) is 44.7. The zero-order valence-corrected chi connectivity index (χ0v) is 8.78. The fraction of sp³-hybridized carbons (Fsp3) is 0.818. The maximum absolute atomic E-state index is 10.6. The summed E-state index contributed by atoms with van der Waals surface area (Å²) in [6.07, 6.45) is 6.50. The first-order chi connectivity index (χ1) is 7.25. The van der Waals surface area contributed by atoms with Gasteiger partial charge in [0.1, 0.15) is 0 Å². The Morgan fingerprint density at radius 1 is 1.27 bits per heavy atom. The van der Waals surface area contributed by atoms with E-state index in [0.717, 1.165) is 24.2 Å². The average molecular weight is 207 g/mol. The molecule has 0 aromatic heterocycles. The molecule has 0 bridgehead atoms. The number of primary amides is 1. The van der Waals surface area contributed by atoms with Crippen LogP contribution >= 0.6 is 0 Å². The lowest BCUT2D eigenvalue weighted by molar-refractivity contribution is 0.249. The molecule has 0 aromatic carbocycles. The number of nitrogens with one attached hydrogen (secondary N) is 1. The van der Waals surface area contributed by atoms with Crippen LogP contribution in [0.1, 0.15) is 32.1 Å². The molecule has 4 atom stereocenters. The van der Waals surface area contributed by atoms with E-state index >= 15 is 0 Å². The second-order valence-corrected chi connectivity index (χ2v) is 5.14. The number of carbonyl (C=O) groups is 1. The van der Waals surface area contributed by atoms with Crippen molar-refractivity contribution >= 4 is 11.7 Å². The summed E-state index contributed by atoms with van der Waals surface area (Å²) in [6, 6.07) is -0.547. The molecule has 3 fully saturated rings. The number of rotatable bonds is 1. The van der Waals surface area contributed by atoms with Gasteiger partial charge in [-0.1, -0.05) is 0 Å². The Kier molecular flexibility index (Phi) is 1.97. The SMILES string of the molecule is NC(=O)N/N=C1/C[C@@H]2CC[C@H]3CC[C@@H]1[C@H]32. The summed E-state index contributed by atoms with van der Waals surface area (Å²) in [5.74, 6) is 3.31. The zero-order valence-electron chi connectivity index (χ0n) is 8.78. The van der Waals surface area contributed by atoms with Crippen molar-refractivity contribution in [2.75, 3.05) is 0 Å². The van der Waals surface area contributed by atoms with Gasteiger partial charge in [0.2, 0.25) is 0 Å². The van der Waals surface area contributed by atoms with E-state index in [0.29, 0.717) is 5.92 Å². The molecule has 0 heterocycles. The second-order valence-electron chi connectivity index (χ2n) is 5.14. The van der Waals surface area contributed by atoms with Crippen molar-refractivity contribution in [3.63, 3.8) is 0 Å². The quantitative estimate of drug-likeness (QED) is 0.628. The van der Waals surface area contributed by atoms with E-state index in [1.165, 1.54) is 31.4 Å². The molecule has 3 aliphatic carbocycles. The van der Waals surface area contributed by atoms with Crippen molar-refractivity contribution in [1.29, 1.82) is 0 Å². The van der Waals surface area contributed by atoms with E-state index in [1.54, 1.807) is 0 Å². The van der Waals surface area contributed by atoms with Gasteiger partial charge in [0.25, 0.3) is 0 Å². The molecule has 15 heavy (non-hydrogen) atoms. The number of carbonyl (C=O) groups excluding carboxylic acids is 1. The van der Waals surface area contributed by atoms with Crippen molar-refractivity contribution < 1.29 is 4.79 Å². The molecule has 82 valence electrons. The average Bonchev–Trinajstić information content (AvgIpc) is 2.83. The van der Waals surface area contributed by atoms with Gasteiger partial charge in [0.05, 0.1) is 0 Å². The third kappa shape index (κ3) is 1.34. The van der Waals surface area contributed by atoms with Gasteiger partial charge >= 0.3 is 6.03 Å². The van der Waals surface area contributed by atoms with Crippen molar-refractivity contribution in [3.05, 3.63) is 0 Å². The van der Waals surface area contributed by atoms with Gasteiger partial charge in [-0.2, -0.15) is 5.10 Å². The highest BCUT2D eigenvalue weighted by Crippen LogP contribution is 2.57. The summed E-state index contributed by atoms with van der Waals surface area (Å²) in [4.78, 5) is 10.6. The molecule has 0 saturated heterocycles. The maximum atomic E-state index is 10.6. The molecule has 4 heteroatoms. The van der Waals surface area contributed by atoms with Crippen LogP contribution < -0.4 is 11.2 Å². The molecule has 0 unspecified atom stereocenters. The number of amides is 2. The van der Waals surface area contributed by atoms with Gasteiger partial charge in [-0.3, -0.25) is 0 Å². The fourth-order valence-electron chi connectivity index (χ4n) is 4.08. The van der Waals surface area contributed by atoms with Gasteiger partial charge < -0.3 is 5.73 Å². The molecule has 3 saturated carbocycles. The Morgan fingerprint density at radius 3 is 2.80 bits per heavy atom. The van der Waals surface area contributed by atoms with Crippen LogP contribution in [-0.4, -0.2) is 11.7 Å². The van der Waals surface area contributed by atoms with Crippen LogP contribution in [0.2, 0.25) is 0 Å². The second kappa shape index (κ2) is 3.22. The number of hydrazone groups is 1. The first-order valence-corrected chi connectivity index (χ1v) is 5.87. The molecular formula is C11H17N3O. The molecule has 3 aliphatic rings. The van der Waals surface area contributed by atoms with Crippen molar-refractivity contribution in [1.82, 2.24) is 5.43 Å². The molecule has 0 aromatic rings. The number of urea groups is 1. The lowest BCUT2D eigenvalue weighted by atomic mass is 9.92. The summed E-state index contributed by atoms with van der Waals surface area (Å²) in [6.45, 7) is 0. The number of nitrogens with two attached hydrogens (primary N) is 1. The smallest absolute Gasteiger partial charge is 0.332 e. The molecule has 3 N–H and O–H groups in total. The Morgan fingerprint density at radius 2 is 2.00 bits per heavy atom. The molecular weight excluding hydrogens is 190 g/mol. The highest BCUT2D eigenvalue weighted by atomic mass is 16.2. The summed E-state index contributed by atoms with van der Waals surface area (Å²) in [5.41, 5.74) is 8.61.